The van der Waals surface area contributed by atoms with Crippen molar-refractivity contribution in [1.82, 2.24) is 0 Å². The highest BCUT2D eigenvalue weighted by Gasteiger charge is 2.05. The molecule has 0 atom stereocenters. The van der Waals surface area contributed by atoms with E-state index in [0.29, 0.717) is 5.56 Å². The van der Waals surface area contributed by atoms with Gasteiger partial charge in [-0.2, -0.15) is 0 Å². The number of ether oxygens (including phenoxy) is 2. The van der Waals surface area contributed by atoms with Crippen molar-refractivity contribution in [2.45, 2.75) is 6.92 Å². The lowest BCUT2D eigenvalue weighted by Crippen LogP contribution is -2.00. The SMILES string of the molecule is COC(=O)c1ccc(C#C/C=C/c2ccc(OC)cc2-c2ccc(C)cc2)cc1. The summed E-state index contributed by atoms with van der Waals surface area (Å²) in [6, 6.07) is 21.4. The van der Waals surface area contributed by atoms with Gasteiger partial charge in [0.25, 0.3) is 0 Å². The number of carbonyl (C=O) groups is 1. The van der Waals surface area contributed by atoms with Crippen LogP contribution in [0.3, 0.4) is 0 Å². The Bertz CT molecular complexity index is 1080. The van der Waals surface area contributed by atoms with Crippen molar-refractivity contribution in [2.75, 3.05) is 14.2 Å². The molecule has 0 radical (unpaired) electrons. The summed E-state index contributed by atoms with van der Waals surface area (Å²) in [4.78, 5) is 11.5. The molecule has 0 saturated carbocycles. The van der Waals surface area contributed by atoms with Crippen LogP contribution in [0.25, 0.3) is 17.2 Å². The minimum absolute atomic E-state index is 0.354. The van der Waals surface area contributed by atoms with Crippen LogP contribution in [-0.2, 0) is 4.74 Å². The van der Waals surface area contributed by atoms with Crippen molar-refractivity contribution in [2.24, 2.45) is 0 Å². The molecule has 0 fully saturated rings. The van der Waals surface area contributed by atoms with Crippen molar-refractivity contribution >= 4 is 12.0 Å². The van der Waals surface area contributed by atoms with E-state index in [9.17, 15) is 4.79 Å². The molecule has 0 aromatic heterocycles. The first-order chi connectivity index (χ1) is 14.1. The number of hydrogen-bond acceptors (Lipinski definition) is 3. The normalized spacial score (nSPS) is 10.3. The van der Waals surface area contributed by atoms with Crippen LogP contribution in [0.5, 0.6) is 5.75 Å². The van der Waals surface area contributed by atoms with Crippen LogP contribution in [0.4, 0.5) is 0 Å². The summed E-state index contributed by atoms with van der Waals surface area (Å²) in [5, 5.41) is 0. The number of aryl methyl sites for hydroxylation is 1. The Hall–Kier alpha value is -3.77. The Morgan fingerprint density at radius 2 is 1.66 bits per heavy atom. The summed E-state index contributed by atoms with van der Waals surface area (Å²) in [6.07, 6.45) is 3.82. The number of carbonyl (C=O) groups excluding carboxylic acids is 1. The summed E-state index contributed by atoms with van der Waals surface area (Å²) < 4.78 is 10.1. The number of methoxy groups -OCH3 is 2. The van der Waals surface area contributed by atoms with Crippen LogP contribution in [0.2, 0.25) is 0 Å². The lowest BCUT2D eigenvalue weighted by molar-refractivity contribution is 0.0600. The highest BCUT2D eigenvalue weighted by molar-refractivity contribution is 5.89. The largest absolute Gasteiger partial charge is 0.497 e. The number of esters is 1. The van der Waals surface area contributed by atoms with E-state index in [2.05, 4.69) is 43.0 Å². The lowest BCUT2D eigenvalue weighted by atomic mass is 9.98. The maximum Gasteiger partial charge on any atom is 0.337 e. The average molecular weight is 382 g/mol. The van der Waals surface area contributed by atoms with Gasteiger partial charge in [-0.25, -0.2) is 4.79 Å². The lowest BCUT2D eigenvalue weighted by Gasteiger charge is -2.09. The second-order valence-corrected chi connectivity index (χ2v) is 6.49. The van der Waals surface area contributed by atoms with E-state index in [0.717, 1.165) is 28.0 Å². The fourth-order valence-electron chi connectivity index (χ4n) is 2.85. The fraction of sp³-hybridized carbons (Fsp3) is 0.115. The molecule has 0 amide bonds. The smallest absolute Gasteiger partial charge is 0.337 e. The van der Waals surface area contributed by atoms with E-state index >= 15 is 0 Å². The molecule has 0 spiro atoms. The molecule has 0 heterocycles. The van der Waals surface area contributed by atoms with Gasteiger partial charge in [0.1, 0.15) is 5.75 Å². The first-order valence-corrected chi connectivity index (χ1v) is 9.22. The molecular formula is C26H22O3. The van der Waals surface area contributed by atoms with Gasteiger partial charge in [0.2, 0.25) is 0 Å². The molecule has 3 aromatic rings. The Morgan fingerprint density at radius 1 is 0.931 bits per heavy atom. The number of benzene rings is 3. The minimum Gasteiger partial charge on any atom is -0.497 e. The number of hydrogen-bond donors (Lipinski definition) is 0. The summed E-state index contributed by atoms with van der Waals surface area (Å²) in [7, 11) is 3.03. The monoisotopic (exact) mass is 382 g/mol. The van der Waals surface area contributed by atoms with Crippen LogP contribution in [-0.4, -0.2) is 20.2 Å². The summed E-state index contributed by atoms with van der Waals surface area (Å²) in [5.41, 5.74) is 5.83. The molecule has 0 bridgehead atoms. The van der Waals surface area contributed by atoms with E-state index in [1.807, 2.05) is 30.4 Å². The van der Waals surface area contributed by atoms with Gasteiger partial charge in [-0.3, -0.25) is 0 Å². The first kappa shape index (κ1) is 20.0. The third-order valence-electron chi connectivity index (χ3n) is 4.49. The van der Waals surface area contributed by atoms with E-state index in [4.69, 9.17) is 9.47 Å². The average Bonchev–Trinajstić information content (AvgIpc) is 2.77. The standard InChI is InChI=1S/C26H22O3/c1-19-8-12-22(13-9-19)25-18-24(28-2)17-16-21(25)7-5-4-6-20-10-14-23(15-11-20)26(27)29-3/h5,7-18H,1-3H3/b7-5+. The second-order valence-electron chi connectivity index (χ2n) is 6.49. The molecule has 0 aliphatic heterocycles. The Kier molecular flexibility index (Phi) is 6.50. The highest BCUT2D eigenvalue weighted by atomic mass is 16.5. The molecule has 0 aliphatic carbocycles. The zero-order valence-corrected chi connectivity index (χ0v) is 16.7. The molecule has 3 heteroatoms. The van der Waals surface area contributed by atoms with Gasteiger partial charge in [-0.05, 0) is 72.2 Å². The van der Waals surface area contributed by atoms with Gasteiger partial charge in [0.15, 0.2) is 0 Å². The van der Waals surface area contributed by atoms with Gasteiger partial charge >= 0.3 is 5.97 Å². The maximum absolute atomic E-state index is 11.5. The summed E-state index contributed by atoms with van der Waals surface area (Å²) in [5.74, 6) is 6.59. The number of rotatable bonds is 4. The highest BCUT2D eigenvalue weighted by Crippen LogP contribution is 2.29. The molecule has 0 aliphatic rings. The van der Waals surface area contributed by atoms with E-state index in [1.54, 1.807) is 31.4 Å². The van der Waals surface area contributed by atoms with Crippen LogP contribution < -0.4 is 4.74 Å². The van der Waals surface area contributed by atoms with Crippen LogP contribution >= 0.6 is 0 Å². The quantitative estimate of drug-likeness (QED) is 0.440. The zero-order chi connectivity index (χ0) is 20.6. The molecule has 0 unspecified atom stereocenters. The fourth-order valence-corrected chi connectivity index (χ4v) is 2.85. The van der Waals surface area contributed by atoms with E-state index in [-0.39, 0.29) is 5.97 Å². The Labute approximate surface area is 171 Å². The van der Waals surface area contributed by atoms with Crippen molar-refractivity contribution < 1.29 is 14.3 Å². The first-order valence-electron chi connectivity index (χ1n) is 9.22. The molecule has 29 heavy (non-hydrogen) atoms. The topological polar surface area (TPSA) is 35.5 Å². The minimum atomic E-state index is -0.354. The third-order valence-corrected chi connectivity index (χ3v) is 4.49. The van der Waals surface area contributed by atoms with Crippen LogP contribution in [0.1, 0.15) is 27.0 Å². The maximum atomic E-state index is 11.5. The van der Waals surface area contributed by atoms with Crippen molar-refractivity contribution in [3.05, 3.63) is 95.1 Å². The number of allylic oxidation sites excluding steroid dienone is 1. The van der Waals surface area contributed by atoms with Gasteiger partial charge in [0.05, 0.1) is 19.8 Å². The molecule has 3 nitrogen and oxygen atoms in total. The molecule has 144 valence electrons. The predicted octanol–water partition coefficient (Wildman–Crippen LogP) is 5.52. The van der Waals surface area contributed by atoms with Gasteiger partial charge in [-0.15, -0.1) is 0 Å². The van der Waals surface area contributed by atoms with Crippen LogP contribution in [0.15, 0.2) is 72.8 Å². The van der Waals surface area contributed by atoms with E-state index < -0.39 is 0 Å². The van der Waals surface area contributed by atoms with E-state index in [1.165, 1.54) is 12.7 Å². The Balaban J connectivity index is 1.83. The summed E-state index contributed by atoms with van der Waals surface area (Å²) in [6.45, 7) is 2.07. The Morgan fingerprint density at radius 3 is 2.31 bits per heavy atom. The zero-order valence-electron chi connectivity index (χ0n) is 16.7. The van der Waals surface area contributed by atoms with Gasteiger partial charge in [-0.1, -0.05) is 47.7 Å². The predicted molar refractivity (Wildman–Crippen MR) is 117 cm³/mol. The van der Waals surface area contributed by atoms with Crippen LogP contribution in [0, 0.1) is 18.8 Å². The molecule has 3 rings (SSSR count). The molecule has 0 saturated heterocycles. The third kappa shape index (κ3) is 5.15. The molecule has 3 aromatic carbocycles. The summed E-state index contributed by atoms with van der Waals surface area (Å²) >= 11 is 0. The van der Waals surface area contributed by atoms with Gasteiger partial charge in [0, 0.05) is 5.56 Å². The molecular weight excluding hydrogens is 360 g/mol. The van der Waals surface area contributed by atoms with Crippen molar-refractivity contribution in [3.63, 3.8) is 0 Å². The van der Waals surface area contributed by atoms with Gasteiger partial charge < -0.3 is 9.47 Å². The van der Waals surface area contributed by atoms with Crippen molar-refractivity contribution in [1.29, 1.82) is 0 Å². The molecule has 0 N–H and O–H groups in total. The van der Waals surface area contributed by atoms with Crippen molar-refractivity contribution in [3.8, 4) is 28.7 Å². The second kappa shape index (κ2) is 9.43.